The van der Waals surface area contributed by atoms with E-state index in [0.29, 0.717) is 0 Å². The van der Waals surface area contributed by atoms with Crippen molar-refractivity contribution in [1.29, 1.82) is 0 Å². The van der Waals surface area contributed by atoms with Crippen molar-refractivity contribution < 1.29 is 4.79 Å². The molecule has 2 aromatic heterocycles. The number of hydrogen-bond donors (Lipinski definition) is 0. The van der Waals surface area contributed by atoms with Gasteiger partial charge in [-0.3, -0.25) is 9.48 Å². The van der Waals surface area contributed by atoms with E-state index in [9.17, 15) is 4.79 Å². The van der Waals surface area contributed by atoms with Crippen LogP contribution < -0.4 is 0 Å². The lowest BCUT2D eigenvalue weighted by molar-refractivity contribution is 0.0725. The maximum absolute atomic E-state index is 12.4. The van der Waals surface area contributed by atoms with Gasteiger partial charge in [-0.25, -0.2) is 0 Å². The molecule has 1 aliphatic rings. The number of aryl methyl sites for hydroxylation is 1. The Kier molecular flexibility index (Phi) is 3.38. The van der Waals surface area contributed by atoms with Crippen LogP contribution in [0.15, 0.2) is 23.8 Å². The molecule has 4 nitrogen and oxygen atoms in total. The Morgan fingerprint density at radius 1 is 1.32 bits per heavy atom. The summed E-state index contributed by atoms with van der Waals surface area (Å²) in [6, 6.07) is 1.98. The van der Waals surface area contributed by atoms with E-state index in [2.05, 4.69) is 5.10 Å². The number of amides is 1. The first-order chi connectivity index (χ1) is 9.24. The second kappa shape index (κ2) is 5.17. The van der Waals surface area contributed by atoms with Crippen LogP contribution in [0.1, 0.15) is 29.6 Å². The van der Waals surface area contributed by atoms with Crippen LogP contribution in [0, 0.1) is 0 Å². The molecule has 0 atom stereocenters. The first-order valence-corrected chi connectivity index (χ1v) is 7.49. The lowest BCUT2D eigenvalue weighted by Gasteiger charge is -2.26. The summed E-state index contributed by atoms with van der Waals surface area (Å²) in [5.74, 6) is 0.172. The number of nitrogens with zero attached hydrogens (tertiary/aromatic N) is 3. The van der Waals surface area contributed by atoms with E-state index in [0.717, 1.165) is 41.9 Å². The van der Waals surface area contributed by atoms with Crippen LogP contribution in [0.3, 0.4) is 0 Å². The molecule has 0 aliphatic carbocycles. The quantitative estimate of drug-likeness (QED) is 0.845. The molecule has 1 amide bonds. The minimum absolute atomic E-state index is 0.172. The smallest absolute Gasteiger partial charge is 0.254 e. The zero-order valence-corrected chi connectivity index (χ0v) is 11.8. The maximum Gasteiger partial charge on any atom is 0.254 e. The van der Waals surface area contributed by atoms with Crippen molar-refractivity contribution in [3.8, 4) is 10.4 Å². The van der Waals surface area contributed by atoms with Crippen molar-refractivity contribution in [1.82, 2.24) is 14.7 Å². The van der Waals surface area contributed by atoms with Crippen LogP contribution in [0.2, 0.25) is 0 Å². The number of rotatable bonds is 2. The van der Waals surface area contributed by atoms with Crippen molar-refractivity contribution in [2.24, 2.45) is 7.05 Å². The molecule has 1 saturated heterocycles. The Morgan fingerprint density at radius 2 is 2.11 bits per heavy atom. The fourth-order valence-electron chi connectivity index (χ4n) is 2.43. The molecule has 0 spiro atoms. The number of aromatic nitrogens is 2. The summed E-state index contributed by atoms with van der Waals surface area (Å²) in [6.07, 6.45) is 7.31. The van der Waals surface area contributed by atoms with Gasteiger partial charge in [-0.1, -0.05) is 0 Å². The van der Waals surface area contributed by atoms with Gasteiger partial charge in [0.05, 0.1) is 11.8 Å². The minimum Gasteiger partial charge on any atom is -0.339 e. The molecule has 3 rings (SSSR count). The molecular formula is C14H17N3OS. The largest absolute Gasteiger partial charge is 0.339 e. The normalized spacial score (nSPS) is 15.7. The molecule has 100 valence electrons. The SMILES string of the molecule is Cn1cc(-c2cc(C(=O)N3CCCCC3)cs2)cn1. The number of likely N-dealkylation sites (tertiary alicyclic amines) is 1. The Labute approximate surface area is 116 Å². The van der Waals surface area contributed by atoms with Crippen molar-refractivity contribution in [3.63, 3.8) is 0 Å². The van der Waals surface area contributed by atoms with E-state index in [4.69, 9.17) is 0 Å². The number of piperidine rings is 1. The molecular weight excluding hydrogens is 258 g/mol. The lowest BCUT2D eigenvalue weighted by atomic mass is 10.1. The third-order valence-corrected chi connectivity index (χ3v) is 4.46. The molecule has 0 saturated carbocycles. The van der Waals surface area contributed by atoms with Gasteiger partial charge in [0.1, 0.15) is 0 Å². The van der Waals surface area contributed by atoms with Crippen molar-refractivity contribution in [3.05, 3.63) is 29.4 Å². The van der Waals surface area contributed by atoms with Gasteiger partial charge in [-0.15, -0.1) is 11.3 Å². The van der Waals surface area contributed by atoms with E-state index in [1.165, 1.54) is 6.42 Å². The fraction of sp³-hybridized carbons (Fsp3) is 0.429. The average molecular weight is 275 g/mol. The Balaban J connectivity index is 1.79. The van der Waals surface area contributed by atoms with E-state index in [-0.39, 0.29) is 5.91 Å². The highest BCUT2D eigenvalue weighted by Gasteiger charge is 2.19. The first-order valence-electron chi connectivity index (χ1n) is 6.61. The molecule has 0 radical (unpaired) electrons. The van der Waals surface area contributed by atoms with Crippen LogP contribution >= 0.6 is 11.3 Å². The number of thiophene rings is 1. The molecule has 0 N–H and O–H groups in total. The highest BCUT2D eigenvalue weighted by molar-refractivity contribution is 7.13. The topological polar surface area (TPSA) is 38.1 Å². The van der Waals surface area contributed by atoms with Gasteiger partial charge < -0.3 is 4.90 Å². The predicted molar refractivity (Wildman–Crippen MR) is 76.3 cm³/mol. The second-order valence-corrected chi connectivity index (χ2v) is 5.87. The first kappa shape index (κ1) is 12.4. The number of carbonyl (C=O) groups excluding carboxylic acids is 1. The predicted octanol–water partition coefficient (Wildman–Crippen LogP) is 2.77. The van der Waals surface area contributed by atoms with Gasteiger partial charge in [0.15, 0.2) is 0 Å². The number of hydrogen-bond acceptors (Lipinski definition) is 3. The zero-order valence-electron chi connectivity index (χ0n) is 11.0. The Morgan fingerprint density at radius 3 is 2.79 bits per heavy atom. The third kappa shape index (κ3) is 2.56. The molecule has 0 bridgehead atoms. The zero-order chi connectivity index (χ0) is 13.2. The molecule has 3 heterocycles. The van der Waals surface area contributed by atoms with Gasteiger partial charge in [0, 0.05) is 42.2 Å². The van der Waals surface area contributed by atoms with E-state index < -0.39 is 0 Å². The summed E-state index contributed by atoms with van der Waals surface area (Å²) in [7, 11) is 1.90. The third-order valence-electron chi connectivity index (χ3n) is 3.48. The second-order valence-electron chi connectivity index (χ2n) is 4.96. The van der Waals surface area contributed by atoms with Gasteiger partial charge in [0.2, 0.25) is 0 Å². The summed E-state index contributed by atoms with van der Waals surface area (Å²) in [5.41, 5.74) is 1.89. The minimum atomic E-state index is 0.172. The van der Waals surface area contributed by atoms with Crippen LogP contribution in [0.4, 0.5) is 0 Å². The van der Waals surface area contributed by atoms with Crippen molar-refractivity contribution in [2.45, 2.75) is 19.3 Å². The highest BCUT2D eigenvalue weighted by atomic mass is 32.1. The van der Waals surface area contributed by atoms with Crippen molar-refractivity contribution >= 4 is 17.2 Å². The summed E-state index contributed by atoms with van der Waals surface area (Å²) >= 11 is 1.61. The van der Waals surface area contributed by atoms with Crippen molar-refractivity contribution in [2.75, 3.05) is 13.1 Å². The molecule has 1 fully saturated rings. The monoisotopic (exact) mass is 275 g/mol. The van der Waals surface area contributed by atoms with Gasteiger partial charge >= 0.3 is 0 Å². The fourth-order valence-corrected chi connectivity index (χ4v) is 3.29. The highest BCUT2D eigenvalue weighted by Crippen LogP contribution is 2.27. The van der Waals surface area contributed by atoms with Crippen LogP contribution in [0.25, 0.3) is 10.4 Å². The van der Waals surface area contributed by atoms with Gasteiger partial charge in [-0.05, 0) is 25.3 Å². The van der Waals surface area contributed by atoms with Crippen LogP contribution in [-0.2, 0) is 7.05 Å². The number of carbonyl (C=O) groups is 1. The standard InChI is InChI=1S/C14H17N3OS/c1-16-9-12(8-15-16)13-7-11(10-19-13)14(18)17-5-3-2-4-6-17/h7-10H,2-6H2,1H3. The maximum atomic E-state index is 12.4. The average Bonchev–Trinajstić information content (AvgIpc) is 3.07. The molecule has 2 aromatic rings. The lowest BCUT2D eigenvalue weighted by Crippen LogP contribution is -2.35. The molecule has 0 unspecified atom stereocenters. The molecule has 1 aliphatic heterocycles. The van der Waals surface area contributed by atoms with E-state index in [1.807, 2.05) is 35.8 Å². The molecule has 0 aromatic carbocycles. The summed E-state index contributed by atoms with van der Waals surface area (Å²) in [6.45, 7) is 1.80. The van der Waals surface area contributed by atoms with Crippen LogP contribution in [-0.4, -0.2) is 33.7 Å². The Bertz CT molecular complexity index is 581. The molecule has 5 heteroatoms. The van der Waals surface area contributed by atoms with E-state index >= 15 is 0 Å². The van der Waals surface area contributed by atoms with E-state index in [1.54, 1.807) is 16.0 Å². The summed E-state index contributed by atoms with van der Waals surface area (Å²) in [4.78, 5) is 15.4. The van der Waals surface area contributed by atoms with Gasteiger partial charge in [-0.2, -0.15) is 5.10 Å². The summed E-state index contributed by atoms with van der Waals surface area (Å²) in [5, 5.41) is 6.12. The molecule has 19 heavy (non-hydrogen) atoms. The van der Waals surface area contributed by atoms with Crippen LogP contribution in [0.5, 0.6) is 0 Å². The van der Waals surface area contributed by atoms with Gasteiger partial charge in [0.25, 0.3) is 5.91 Å². The Hall–Kier alpha value is -1.62. The summed E-state index contributed by atoms with van der Waals surface area (Å²) < 4.78 is 1.78.